The van der Waals surface area contributed by atoms with Crippen LogP contribution >= 0.6 is 0 Å². The number of hydrogen-bond donors (Lipinski definition) is 2. The van der Waals surface area contributed by atoms with Gasteiger partial charge in [-0.3, -0.25) is 9.59 Å². The maximum absolute atomic E-state index is 11.8. The van der Waals surface area contributed by atoms with Gasteiger partial charge in [0, 0.05) is 11.6 Å². The molecule has 0 aliphatic heterocycles. The van der Waals surface area contributed by atoms with E-state index in [1.165, 1.54) is 0 Å². The molecule has 102 valence electrons. The second kappa shape index (κ2) is 5.87. The van der Waals surface area contributed by atoms with Gasteiger partial charge in [-0.15, -0.1) is 0 Å². The van der Waals surface area contributed by atoms with Gasteiger partial charge in [0.15, 0.2) is 0 Å². The third kappa shape index (κ3) is 3.34. The molecule has 0 unspecified atom stereocenters. The van der Waals surface area contributed by atoms with Gasteiger partial charge in [0.2, 0.25) is 11.8 Å². The van der Waals surface area contributed by atoms with E-state index in [4.69, 9.17) is 0 Å². The second-order valence-electron chi connectivity index (χ2n) is 5.14. The standard InChI is InChI=1S/C15H20N2O2/c1-10-5-3-8-13(11(10)2)17-14(18)9-16-15(19)12-6-4-7-12/h3,5,8,12H,4,6-7,9H2,1-2H3,(H,16,19)(H,17,18). The number of anilines is 1. The molecule has 1 aliphatic carbocycles. The van der Waals surface area contributed by atoms with Crippen molar-refractivity contribution in [3.05, 3.63) is 29.3 Å². The molecule has 1 aromatic rings. The number of aryl methyl sites for hydroxylation is 1. The zero-order valence-corrected chi connectivity index (χ0v) is 11.5. The van der Waals surface area contributed by atoms with Gasteiger partial charge in [-0.2, -0.15) is 0 Å². The molecule has 0 saturated heterocycles. The Morgan fingerprint density at radius 3 is 2.63 bits per heavy atom. The quantitative estimate of drug-likeness (QED) is 0.871. The van der Waals surface area contributed by atoms with Crippen molar-refractivity contribution in [2.45, 2.75) is 33.1 Å². The lowest BCUT2D eigenvalue weighted by atomic mass is 9.85. The monoisotopic (exact) mass is 260 g/mol. The molecule has 4 nitrogen and oxygen atoms in total. The summed E-state index contributed by atoms with van der Waals surface area (Å²) in [7, 11) is 0. The molecule has 1 aromatic carbocycles. The minimum absolute atomic E-state index is 0.00219. The molecule has 2 amide bonds. The second-order valence-corrected chi connectivity index (χ2v) is 5.14. The zero-order valence-electron chi connectivity index (χ0n) is 11.5. The van der Waals surface area contributed by atoms with Crippen molar-refractivity contribution in [2.75, 3.05) is 11.9 Å². The van der Waals surface area contributed by atoms with Crippen LogP contribution in [0.15, 0.2) is 18.2 Å². The van der Waals surface area contributed by atoms with E-state index in [-0.39, 0.29) is 24.3 Å². The molecule has 0 heterocycles. The van der Waals surface area contributed by atoms with E-state index in [1.54, 1.807) is 0 Å². The molecular weight excluding hydrogens is 240 g/mol. The Labute approximate surface area is 113 Å². The Balaban J connectivity index is 1.83. The number of benzene rings is 1. The summed E-state index contributed by atoms with van der Waals surface area (Å²) in [5.41, 5.74) is 3.00. The molecule has 2 N–H and O–H groups in total. The number of carbonyl (C=O) groups excluding carboxylic acids is 2. The van der Waals surface area contributed by atoms with Crippen LogP contribution < -0.4 is 10.6 Å². The third-order valence-electron chi connectivity index (χ3n) is 3.78. The van der Waals surface area contributed by atoms with Crippen molar-refractivity contribution >= 4 is 17.5 Å². The average molecular weight is 260 g/mol. The lowest BCUT2D eigenvalue weighted by Gasteiger charge is -2.23. The van der Waals surface area contributed by atoms with Crippen LogP contribution in [-0.2, 0) is 9.59 Å². The van der Waals surface area contributed by atoms with Gasteiger partial charge in [-0.25, -0.2) is 0 Å². The Morgan fingerprint density at radius 2 is 2.00 bits per heavy atom. The number of rotatable bonds is 4. The Kier molecular flexibility index (Phi) is 4.20. The first-order valence-electron chi connectivity index (χ1n) is 6.71. The maximum atomic E-state index is 11.8. The zero-order chi connectivity index (χ0) is 13.8. The molecule has 0 aromatic heterocycles. The van der Waals surface area contributed by atoms with Crippen LogP contribution in [0.3, 0.4) is 0 Å². The van der Waals surface area contributed by atoms with Gasteiger partial charge in [0.1, 0.15) is 0 Å². The molecule has 0 atom stereocenters. The molecule has 1 saturated carbocycles. The van der Waals surface area contributed by atoms with Crippen LogP contribution in [0.1, 0.15) is 30.4 Å². The normalized spacial score (nSPS) is 14.6. The highest BCUT2D eigenvalue weighted by atomic mass is 16.2. The van der Waals surface area contributed by atoms with E-state index in [0.29, 0.717) is 0 Å². The molecule has 0 radical (unpaired) electrons. The number of nitrogens with one attached hydrogen (secondary N) is 2. The highest BCUT2D eigenvalue weighted by Gasteiger charge is 2.25. The third-order valence-corrected chi connectivity index (χ3v) is 3.78. The minimum atomic E-state index is -0.179. The molecule has 0 bridgehead atoms. The van der Waals surface area contributed by atoms with Gasteiger partial charge >= 0.3 is 0 Å². The highest BCUT2D eigenvalue weighted by molar-refractivity contribution is 5.95. The first-order valence-corrected chi connectivity index (χ1v) is 6.71. The van der Waals surface area contributed by atoms with E-state index in [1.807, 2.05) is 32.0 Å². The van der Waals surface area contributed by atoms with E-state index in [0.717, 1.165) is 36.1 Å². The fourth-order valence-corrected chi connectivity index (χ4v) is 2.06. The Hall–Kier alpha value is -1.84. The summed E-state index contributed by atoms with van der Waals surface area (Å²) in [5, 5.41) is 5.52. The first-order chi connectivity index (χ1) is 9.08. The van der Waals surface area contributed by atoms with Crippen molar-refractivity contribution in [3.8, 4) is 0 Å². The van der Waals surface area contributed by atoms with Crippen molar-refractivity contribution in [2.24, 2.45) is 5.92 Å². The van der Waals surface area contributed by atoms with Crippen LogP contribution in [0.5, 0.6) is 0 Å². The van der Waals surface area contributed by atoms with E-state index in [9.17, 15) is 9.59 Å². The predicted molar refractivity (Wildman–Crippen MR) is 74.9 cm³/mol. The van der Waals surface area contributed by atoms with Gasteiger partial charge in [0.25, 0.3) is 0 Å². The van der Waals surface area contributed by atoms with E-state index >= 15 is 0 Å². The summed E-state index contributed by atoms with van der Waals surface area (Å²) < 4.78 is 0. The van der Waals surface area contributed by atoms with Crippen LogP contribution in [0.4, 0.5) is 5.69 Å². The van der Waals surface area contributed by atoms with Gasteiger partial charge in [0.05, 0.1) is 6.54 Å². The van der Waals surface area contributed by atoms with Crippen LogP contribution in [0, 0.1) is 19.8 Å². The maximum Gasteiger partial charge on any atom is 0.243 e. The minimum Gasteiger partial charge on any atom is -0.347 e. The molecule has 0 spiro atoms. The summed E-state index contributed by atoms with van der Waals surface area (Å²) >= 11 is 0. The smallest absolute Gasteiger partial charge is 0.243 e. The Bertz CT molecular complexity index is 493. The van der Waals surface area contributed by atoms with E-state index in [2.05, 4.69) is 10.6 Å². The van der Waals surface area contributed by atoms with Gasteiger partial charge in [-0.1, -0.05) is 18.6 Å². The summed E-state index contributed by atoms with van der Waals surface area (Å²) in [5.74, 6) is -0.0581. The van der Waals surface area contributed by atoms with Crippen molar-refractivity contribution in [1.82, 2.24) is 5.32 Å². The van der Waals surface area contributed by atoms with Crippen molar-refractivity contribution in [1.29, 1.82) is 0 Å². The molecule has 2 rings (SSSR count). The highest BCUT2D eigenvalue weighted by Crippen LogP contribution is 2.26. The van der Waals surface area contributed by atoms with Crippen LogP contribution in [0.25, 0.3) is 0 Å². The summed E-state index contributed by atoms with van der Waals surface area (Å²) in [6, 6.07) is 5.78. The molecule has 1 fully saturated rings. The summed E-state index contributed by atoms with van der Waals surface area (Å²) in [6.45, 7) is 4.02. The molecular formula is C15H20N2O2. The van der Waals surface area contributed by atoms with Crippen LogP contribution in [0.2, 0.25) is 0 Å². The number of amides is 2. The average Bonchev–Trinajstić information content (AvgIpc) is 2.30. The number of hydrogen-bond acceptors (Lipinski definition) is 2. The van der Waals surface area contributed by atoms with Crippen LogP contribution in [-0.4, -0.2) is 18.4 Å². The van der Waals surface area contributed by atoms with Gasteiger partial charge < -0.3 is 10.6 Å². The Morgan fingerprint density at radius 1 is 1.26 bits per heavy atom. The van der Waals surface area contributed by atoms with Crippen molar-refractivity contribution in [3.63, 3.8) is 0 Å². The fraction of sp³-hybridized carbons (Fsp3) is 0.467. The lowest BCUT2D eigenvalue weighted by molar-refractivity contribution is -0.129. The molecule has 4 heteroatoms. The first kappa shape index (κ1) is 13.6. The summed E-state index contributed by atoms with van der Waals surface area (Å²) in [6.07, 6.45) is 3.02. The largest absolute Gasteiger partial charge is 0.347 e. The van der Waals surface area contributed by atoms with Gasteiger partial charge in [-0.05, 0) is 43.9 Å². The lowest BCUT2D eigenvalue weighted by Crippen LogP contribution is -2.39. The van der Waals surface area contributed by atoms with E-state index < -0.39 is 0 Å². The number of carbonyl (C=O) groups is 2. The topological polar surface area (TPSA) is 58.2 Å². The molecule has 1 aliphatic rings. The predicted octanol–water partition coefficient (Wildman–Crippen LogP) is 2.16. The fourth-order valence-electron chi connectivity index (χ4n) is 2.06. The van der Waals surface area contributed by atoms with Crippen molar-refractivity contribution < 1.29 is 9.59 Å². The summed E-state index contributed by atoms with van der Waals surface area (Å²) in [4.78, 5) is 23.4. The molecule has 19 heavy (non-hydrogen) atoms. The SMILES string of the molecule is Cc1cccc(NC(=O)CNC(=O)C2CCC2)c1C.